The molecule has 2 aromatic heterocycles. The molecule has 216 valence electrons. The number of fused-ring (bicyclic) bond motifs is 1. The van der Waals surface area contributed by atoms with E-state index in [2.05, 4.69) is 34.0 Å². The Labute approximate surface area is 233 Å². The third-order valence-corrected chi connectivity index (χ3v) is 7.36. The van der Waals surface area contributed by atoms with Crippen molar-refractivity contribution in [2.45, 2.75) is 44.9 Å². The molecule has 1 amide bonds. The van der Waals surface area contributed by atoms with Gasteiger partial charge in [0.1, 0.15) is 29.4 Å². The number of aromatic nitrogens is 4. The number of hydrogen-bond acceptors (Lipinski definition) is 7. The number of likely N-dealkylation sites (tertiary alicyclic amines) is 1. The Morgan fingerprint density at radius 1 is 1.12 bits per heavy atom. The van der Waals surface area contributed by atoms with Crippen LogP contribution in [0.3, 0.4) is 0 Å². The van der Waals surface area contributed by atoms with E-state index in [0.717, 1.165) is 32.0 Å². The van der Waals surface area contributed by atoms with Crippen molar-refractivity contribution in [1.82, 2.24) is 24.6 Å². The first-order valence-electron chi connectivity index (χ1n) is 13.1. The number of nitrogens with two attached hydrogens (primary N) is 1. The number of nitrogens with zero attached hydrogens (tertiary/aromatic N) is 5. The first-order valence-corrected chi connectivity index (χ1v) is 13.1. The second-order valence-electron chi connectivity index (χ2n) is 10.2. The summed E-state index contributed by atoms with van der Waals surface area (Å²) in [6.07, 6.45) is -1.53. The highest BCUT2D eigenvalue weighted by atomic mass is 19.4. The van der Waals surface area contributed by atoms with E-state index in [9.17, 15) is 22.4 Å². The zero-order chi connectivity index (χ0) is 29.5. The van der Waals surface area contributed by atoms with Gasteiger partial charge < -0.3 is 20.7 Å². The molecule has 5 rings (SSSR count). The molecule has 0 aliphatic carbocycles. The third-order valence-electron chi connectivity index (χ3n) is 7.36. The van der Waals surface area contributed by atoms with Crippen LogP contribution in [0.4, 0.5) is 29.1 Å². The molecular weight excluding hydrogens is 542 g/mol. The average molecular weight is 572 g/mol. The van der Waals surface area contributed by atoms with Gasteiger partial charge in [-0.15, -0.1) is 0 Å². The zero-order valence-electron chi connectivity index (χ0n) is 22.7. The number of piperidine rings is 1. The summed E-state index contributed by atoms with van der Waals surface area (Å²) in [4.78, 5) is 23.8. The lowest BCUT2D eigenvalue weighted by atomic mass is 10.0. The number of alkyl halides is 3. The van der Waals surface area contributed by atoms with Gasteiger partial charge in [-0.3, -0.25) is 4.79 Å². The van der Waals surface area contributed by atoms with Crippen LogP contribution in [0.2, 0.25) is 0 Å². The van der Waals surface area contributed by atoms with E-state index in [1.165, 1.54) is 13.4 Å². The van der Waals surface area contributed by atoms with E-state index in [4.69, 9.17) is 15.6 Å². The second-order valence-corrected chi connectivity index (χ2v) is 10.2. The SMILES string of the molecule is COc1cc(-c2nn(C3CCN(C(C)C)CC3)c3ncnc(N)c23)ccc1NC(=O)c1ccc(C(F)(F)F)cc1F. The molecule has 1 aliphatic heterocycles. The number of amides is 1. The number of nitrogen functional groups attached to an aromatic ring is 1. The van der Waals surface area contributed by atoms with Crippen molar-refractivity contribution in [2.75, 3.05) is 31.2 Å². The van der Waals surface area contributed by atoms with Crippen LogP contribution in [-0.2, 0) is 6.18 Å². The van der Waals surface area contributed by atoms with E-state index >= 15 is 0 Å². The lowest BCUT2D eigenvalue weighted by molar-refractivity contribution is -0.137. The number of methoxy groups -OCH3 is 1. The highest BCUT2D eigenvalue weighted by Crippen LogP contribution is 2.38. The summed E-state index contributed by atoms with van der Waals surface area (Å²) in [7, 11) is 1.39. The maximum Gasteiger partial charge on any atom is 0.416 e. The largest absolute Gasteiger partial charge is 0.495 e. The minimum absolute atomic E-state index is 0.120. The summed E-state index contributed by atoms with van der Waals surface area (Å²) >= 11 is 0. The van der Waals surface area contributed by atoms with Gasteiger partial charge in [0, 0.05) is 24.7 Å². The Morgan fingerprint density at radius 2 is 1.85 bits per heavy atom. The quantitative estimate of drug-likeness (QED) is 0.293. The Hall–Kier alpha value is -4.26. The molecule has 9 nitrogen and oxygen atoms in total. The molecule has 1 aliphatic rings. The van der Waals surface area contributed by atoms with Gasteiger partial charge in [0.15, 0.2) is 5.65 Å². The lowest BCUT2D eigenvalue weighted by Crippen LogP contribution is -2.39. The summed E-state index contributed by atoms with van der Waals surface area (Å²) in [5.41, 5.74) is 6.51. The molecule has 3 heterocycles. The van der Waals surface area contributed by atoms with E-state index in [1.54, 1.807) is 18.2 Å². The summed E-state index contributed by atoms with van der Waals surface area (Å²) in [6.45, 7) is 6.22. The van der Waals surface area contributed by atoms with Crippen molar-refractivity contribution in [3.8, 4) is 17.0 Å². The number of rotatable bonds is 6. The number of halogens is 4. The van der Waals surface area contributed by atoms with Crippen LogP contribution in [0, 0.1) is 5.82 Å². The van der Waals surface area contributed by atoms with Gasteiger partial charge in [-0.1, -0.05) is 6.07 Å². The van der Waals surface area contributed by atoms with Crippen LogP contribution in [0.5, 0.6) is 5.75 Å². The molecule has 13 heteroatoms. The van der Waals surface area contributed by atoms with Crippen molar-refractivity contribution < 1.29 is 27.1 Å². The Kier molecular flexibility index (Phi) is 7.56. The predicted molar refractivity (Wildman–Crippen MR) is 146 cm³/mol. The normalized spacial score (nSPS) is 15.0. The Bertz CT molecular complexity index is 1590. The molecule has 0 bridgehead atoms. The molecule has 1 fully saturated rings. The van der Waals surface area contributed by atoms with Crippen LogP contribution in [0.1, 0.15) is 48.7 Å². The van der Waals surface area contributed by atoms with Crippen LogP contribution < -0.4 is 15.8 Å². The fourth-order valence-electron chi connectivity index (χ4n) is 5.11. The fraction of sp³-hybridized carbons (Fsp3) is 0.357. The molecule has 0 spiro atoms. The van der Waals surface area contributed by atoms with Crippen molar-refractivity contribution in [3.05, 3.63) is 59.7 Å². The number of carbonyl (C=O) groups is 1. The molecule has 0 saturated carbocycles. The first kappa shape index (κ1) is 28.3. The van der Waals surface area contributed by atoms with Gasteiger partial charge in [0.25, 0.3) is 5.91 Å². The van der Waals surface area contributed by atoms with Crippen molar-refractivity contribution in [3.63, 3.8) is 0 Å². The molecule has 3 N–H and O–H groups in total. The zero-order valence-corrected chi connectivity index (χ0v) is 22.7. The lowest BCUT2D eigenvalue weighted by Gasteiger charge is -2.34. The molecular formula is C28H29F4N7O2. The summed E-state index contributed by atoms with van der Waals surface area (Å²) < 4.78 is 60.4. The van der Waals surface area contributed by atoms with E-state index in [-0.39, 0.29) is 29.4 Å². The average Bonchev–Trinajstić information content (AvgIpc) is 3.33. The number of ether oxygens (including phenoxy) is 1. The molecule has 4 aromatic rings. The van der Waals surface area contributed by atoms with Crippen LogP contribution in [0.15, 0.2) is 42.7 Å². The molecule has 2 aromatic carbocycles. The topological polar surface area (TPSA) is 111 Å². The maximum absolute atomic E-state index is 14.4. The number of benzene rings is 2. The summed E-state index contributed by atoms with van der Waals surface area (Å²) in [5.74, 6) is -1.72. The molecule has 41 heavy (non-hydrogen) atoms. The summed E-state index contributed by atoms with van der Waals surface area (Å²) in [5, 5.41) is 8.00. The number of anilines is 2. The fourth-order valence-corrected chi connectivity index (χ4v) is 5.11. The number of carbonyl (C=O) groups excluding carboxylic acids is 1. The van der Waals surface area contributed by atoms with Gasteiger partial charge in [-0.05, 0) is 57.0 Å². The van der Waals surface area contributed by atoms with Crippen LogP contribution in [-0.4, -0.2) is 56.8 Å². The van der Waals surface area contributed by atoms with Crippen molar-refractivity contribution in [2.24, 2.45) is 0 Å². The first-order chi connectivity index (χ1) is 19.5. The third kappa shape index (κ3) is 5.53. The van der Waals surface area contributed by atoms with Gasteiger partial charge >= 0.3 is 6.18 Å². The Morgan fingerprint density at radius 3 is 2.49 bits per heavy atom. The molecule has 1 saturated heterocycles. The maximum atomic E-state index is 14.4. The van der Waals surface area contributed by atoms with Gasteiger partial charge in [-0.25, -0.2) is 19.0 Å². The molecule has 0 radical (unpaired) electrons. The number of nitrogens with one attached hydrogen (secondary N) is 1. The van der Waals surface area contributed by atoms with Crippen LogP contribution in [0.25, 0.3) is 22.3 Å². The standard InChI is InChI=1S/C28H29F4N7O2/c1-15(2)38-10-8-18(9-11-38)39-26-23(25(33)34-14-35-26)24(37-39)16-4-7-21(22(12-16)41-3)36-27(40)19-6-5-17(13-20(19)29)28(30,31)32/h4-7,12-15,18H,8-11H2,1-3H3,(H,36,40)(H2,33,34,35). The van der Waals surface area contributed by atoms with Gasteiger partial charge in [-0.2, -0.15) is 18.3 Å². The smallest absolute Gasteiger partial charge is 0.416 e. The minimum atomic E-state index is -4.73. The number of hydrogen-bond donors (Lipinski definition) is 2. The molecule has 0 unspecified atom stereocenters. The van der Waals surface area contributed by atoms with Gasteiger partial charge in [0.05, 0.1) is 35.4 Å². The highest BCUT2D eigenvalue weighted by Gasteiger charge is 2.32. The second kappa shape index (κ2) is 11.0. The minimum Gasteiger partial charge on any atom is -0.495 e. The van der Waals surface area contributed by atoms with Crippen molar-refractivity contribution in [1.29, 1.82) is 0 Å². The van der Waals surface area contributed by atoms with E-state index < -0.39 is 29.0 Å². The monoisotopic (exact) mass is 571 g/mol. The van der Waals surface area contributed by atoms with E-state index in [0.29, 0.717) is 34.4 Å². The predicted octanol–water partition coefficient (Wildman–Crippen LogP) is 5.54. The summed E-state index contributed by atoms with van der Waals surface area (Å²) in [6, 6.07) is 7.17. The van der Waals surface area contributed by atoms with Gasteiger partial charge in [0.2, 0.25) is 0 Å². The van der Waals surface area contributed by atoms with Crippen molar-refractivity contribution >= 4 is 28.4 Å². The van der Waals surface area contributed by atoms with E-state index in [1.807, 2.05) is 4.68 Å². The molecule has 0 atom stereocenters. The Balaban J connectivity index is 1.46. The van der Waals surface area contributed by atoms with Crippen LogP contribution >= 0.6 is 0 Å². The highest BCUT2D eigenvalue weighted by molar-refractivity contribution is 6.06.